The summed E-state index contributed by atoms with van der Waals surface area (Å²) in [6, 6.07) is 11.6. The van der Waals surface area contributed by atoms with Crippen molar-refractivity contribution >= 4 is 33.3 Å². The molecule has 0 unspecified atom stereocenters. The monoisotopic (exact) mass is 369 g/mol. The molecule has 3 heterocycles. The third-order valence-electron chi connectivity index (χ3n) is 3.92. The van der Waals surface area contributed by atoms with Crippen LogP contribution in [-0.2, 0) is 12.8 Å². The maximum Gasteiger partial charge on any atom is 0.262 e. The van der Waals surface area contributed by atoms with Gasteiger partial charge in [0.15, 0.2) is 5.16 Å². The molecule has 4 aromatic rings. The highest BCUT2D eigenvalue weighted by Crippen LogP contribution is 2.27. The second-order valence-electron chi connectivity index (χ2n) is 5.57. The van der Waals surface area contributed by atoms with Crippen molar-refractivity contribution in [3.63, 3.8) is 0 Å². The molecule has 0 saturated heterocycles. The summed E-state index contributed by atoms with van der Waals surface area (Å²) in [7, 11) is 1.75. The Morgan fingerprint density at radius 2 is 2.00 bits per heavy atom. The summed E-state index contributed by atoms with van der Waals surface area (Å²) < 4.78 is 7.38. The first-order valence-corrected chi connectivity index (χ1v) is 9.59. The Kier molecular flexibility index (Phi) is 4.19. The highest BCUT2D eigenvalue weighted by molar-refractivity contribution is 7.98. The average molecular weight is 369 g/mol. The molecule has 0 aliphatic heterocycles. The molecule has 0 N–H and O–H groups in total. The zero-order valence-corrected chi connectivity index (χ0v) is 15.4. The van der Waals surface area contributed by atoms with Gasteiger partial charge in [0.2, 0.25) is 5.89 Å². The van der Waals surface area contributed by atoms with Crippen LogP contribution >= 0.6 is 23.1 Å². The first kappa shape index (κ1) is 16.1. The molecule has 1 aromatic carbocycles. The molecule has 5 nitrogen and oxygen atoms in total. The minimum absolute atomic E-state index is 0.0180. The summed E-state index contributed by atoms with van der Waals surface area (Å²) in [5.74, 6) is 2.00. The normalized spacial score (nSPS) is 11.3. The van der Waals surface area contributed by atoms with Crippen LogP contribution in [0.3, 0.4) is 0 Å². The molecular formula is C18H15N3O2S2. The molecule has 0 spiro atoms. The van der Waals surface area contributed by atoms with Crippen molar-refractivity contribution in [2.75, 3.05) is 0 Å². The van der Waals surface area contributed by atoms with E-state index >= 15 is 0 Å². The minimum Gasteiger partial charge on any atom is -0.441 e. The highest BCUT2D eigenvalue weighted by Gasteiger charge is 2.14. The largest absolute Gasteiger partial charge is 0.441 e. The van der Waals surface area contributed by atoms with Gasteiger partial charge in [-0.2, -0.15) is 0 Å². The Hall–Kier alpha value is -2.38. The fraction of sp³-hybridized carbons (Fsp3) is 0.167. The van der Waals surface area contributed by atoms with Gasteiger partial charge in [0, 0.05) is 18.4 Å². The van der Waals surface area contributed by atoms with Crippen molar-refractivity contribution in [1.29, 1.82) is 0 Å². The minimum atomic E-state index is -0.0180. The number of rotatable bonds is 4. The lowest BCUT2D eigenvalue weighted by molar-refractivity contribution is 0.540. The fourth-order valence-electron chi connectivity index (χ4n) is 2.51. The van der Waals surface area contributed by atoms with Crippen LogP contribution in [0.4, 0.5) is 0 Å². The van der Waals surface area contributed by atoms with Gasteiger partial charge in [0.1, 0.15) is 10.6 Å². The van der Waals surface area contributed by atoms with Crippen molar-refractivity contribution in [3.8, 4) is 11.5 Å². The van der Waals surface area contributed by atoms with E-state index in [2.05, 4.69) is 9.97 Å². The number of oxazole rings is 1. The van der Waals surface area contributed by atoms with E-state index in [-0.39, 0.29) is 5.56 Å². The van der Waals surface area contributed by atoms with E-state index in [1.165, 1.54) is 23.1 Å². The predicted octanol–water partition coefficient (Wildman–Crippen LogP) is 4.25. The smallest absolute Gasteiger partial charge is 0.262 e. The van der Waals surface area contributed by atoms with E-state index in [4.69, 9.17) is 4.42 Å². The van der Waals surface area contributed by atoms with Crippen molar-refractivity contribution in [2.24, 2.45) is 7.05 Å². The van der Waals surface area contributed by atoms with Crippen molar-refractivity contribution in [3.05, 3.63) is 63.6 Å². The predicted molar refractivity (Wildman–Crippen MR) is 101 cm³/mol. The lowest BCUT2D eigenvalue weighted by Crippen LogP contribution is -2.19. The van der Waals surface area contributed by atoms with Crippen molar-refractivity contribution in [2.45, 2.75) is 17.8 Å². The van der Waals surface area contributed by atoms with Gasteiger partial charge in [0.25, 0.3) is 5.56 Å². The Balaban J connectivity index is 1.61. The number of thiophene rings is 1. The molecule has 4 rings (SSSR count). The van der Waals surface area contributed by atoms with Gasteiger partial charge in [0.05, 0.1) is 11.1 Å². The molecule has 0 aliphatic carbocycles. The van der Waals surface area contributed by atoms with E-state index < -0.39 is 0 Å². The summed E-state index contributed by atoms with van der Waals surface area (Å²) in [6.07, 6.45) is 0. The van der Waals surface area contributed by atoms with Crippen LogP contribution in [0.15, 0.2) is 56.1 Å². The molecule has 0 amide bonds. The number of hydrogen-bond acceptors (Lipinski definition) is 6. The summed E-state index contributed by atoms with van der Waals surface area (Å²) >= 11 is 2.97. The third-order valence-corrected chi connectivity index (χ3v) is 5.76. The van der Waals surface area contributed by atoms with Gasteiger partial charge in [-0.05, 0) is 30.5 Å². The van der Waals surface area contributed by atoms with Gasteiger partial charge < -0.3 is 4.42 Å². The first-order chi connectivity index (χ1) is 12.1. The van der Waals surface area contributed by atoms with Crippen LogP contribution in [0, 0.1) is 6.92 Å². The summed E-state index contributed by atoms with van der Waals surface area (Å²) in [4.78, 5) is 22.3. The molecule has 3 aromatic heterocycles. The van der Waals surface area contributed by atoms with Crippen LogP contribution in [0.25, 0.3) is 21.7 Å². The molecule has 0 saturated carbocycles. The maximum absolute atomic E-state index is 12.4. The SMILES string of the molecule is Cc1oc(-c2ccccc2)nc1CSc1nc2sccc2c(=O)n1C. The van der Waals surface area contributed by atoms with Gasteiger partial charge >= 0.3 is 0 Å². The van der Waals surface area contributed by atoms with E-state index in [1.807, 2.05) is 48.7 Å². The van der Waals surface area contributed by atoms with Gasteiger partial charge in [-0.25, -0.2) is 9.97 Å². The Labute approximate surface area is 152 Å². The van der Waals surface area contributed by atoms with Crippen LogP contribution in [0.2, 0.25) is 0 Å². The van der Waals surface area contributed by atoms with E-state index in [0.717, 1.165) is 21.8 Å². The Morgan fingerprint density at radius 3 is 2.80 bits per heavy atom. The number of hydrogen-bond donors (Lipinski definition) is 0. The van der Waals surface area contributed by atoms with Crippen LogP contribution in [0.5, 0.6) is 0 Å². The zero-order chi connectivity index (χ0) is 17.4. The van der Waals surface area contributed by atoms with Gasteiger partial charge in [-0.15, -0.1) is 11.3 Å². The van der Waals surface area contributed by atoms with Gasteiger partial charge in [-0.1, -0.05) is 30.0 Å². The first-order valence-electron chi connectivity index (χ1n) is 7.72. The molecule has 126 valence electrons. The molecule has 0 fully saturated rings. The van der Waals surface area contributed by atoms with E-state index in [9.17, 15) is 4.79 Å². The summed E-state index contributed by atoms with van der Waals surface area (Å²) in [5.41, 5.74) is 1.80. The summed E-state index contributed by atoms with van der Waals surface area (Å²) in [5, 5.41) is 3.24. The standard InChI is InChI=1S/C18H15N3O2S2/c1-11-14(19-15(23-11)12-6-4-3-5-7-12)10-25-18-20-16-13(8-9-24-16)17(22)21(18)2/h3-9H,10H2,1-2H3. The maximum atomic E-state index is 12.4. The molecule has 0 atom stereocenters. The average Bonchev–Trinajstić information content (AvgIpc) is 3.24. The summed E-state index contributed by atoms with van der Waals surface area (Å²) in [6.45, 7) is 1.91. The zero-order valence-electron chi connectivity index (χ0n) is 13.7. The van der Waals surface area contributed by atoms with Crippen LogP contribution in [-0.4, -0.2) is 14.5 Å². The number of fused-ring (bicyclic) bond motifs is 1. The van der Waals surface area contributed by atoms with Crippen molar-refractivity contribution in [1.82, 2.24) is 14.5 Å². The molecule has 7 heteroatoms. The molecule has 25 heavy (non-hydrogen) atoms. The molecule has 0 bridgehead atoms. The Morgan fingerprint density at radius 1 is 1.20 bits per heavy atom. The van der Waals surface area contributed by atoms with E-state index in [1.54, 1.807) is 11.6 Å². The molecule has 0 aliphatic rings. The quantitative estimate of drug-likeness (QED) is 0.397. The van der Waals surface area contributed by atoms with Gasteiger partial charge in [-0.3, -0.25) is 9.36 Å². The van der Waals surface area contributed by atoms with Crippen LogP contribution in [0.1, 0.15) is 11.5 Å². The van der Waals surface area contributed by atoms with Crippen molar-refractivity contribution < 1.29 is 4.42 Å². The second-order valence-corrected chi connectivity index (χ2v) is 7.41. The number of thioether (sulfide) groups is 1. The lowest BCUT2D eigenvalue weighted by Gasteiger charge is -2.05. The van der Waals surface area contributed by atoms with Crippen LogP contribution < -0.4 is 5.56 Å². The second kappa shape index (κ2) is 6.50. The number of aromatic nitrogens is 3. The molecule has 0 radical (unpaired) electrons. The number of nitrogens with zero attached hydrogens (tertiary/aromatic N) is 3. The Bertz CT molecular complexity index is 1100. The lowest BCUT2D eigenvalue weighted by atomic mass is 10.2. The number of benzene rings is 1. The molecular weight excluding hydrogens is 354 g/mol. The topological polar surface area (TPSA) is 60.9 Å². The third kappa shape index (κ3) is 3.01. The van der Waals surface area contributed by atoms with E-state index in [0.29, 0.717) is 22.2 Å². The highest BCUT2D eigenvalue weighted by atomic mass is 32.2. The fourth-order valence-corrected chi connectivity index (χ4v) is 4.29. The number of aryl methyl sites for hydroxylation is 1.